The molecule has 0 saturated carbocycles. The summed E-state index contributed by atoms with van der Waals surface area (Å²) in [4.78, 5) is 30.9. The lowest BCUT2D eigenvalue weighted by Crippen LogP contribution is -2.31. The van der Waals surface area contributed by atoms with Crippen molar-refractivity contribution in [3.8, 4) is 22.8 Å². The molecule has 3 rings (SSSR count). The molecule has 0 fully saturated rings. The van der Waals surface area contributed by atoms with Crippen LogP contribution >= 0.6 is 0 Å². The number of carbonyl (C=O) groups is 2. The van der Waals surface area contributed by atoms with Crippen LogP contribution in [0.1, 0.15) is 10.5 Å². The third-order valence-corrected chi connectivity index (χ3v) is 3.91. The highest BCUT2D eigenvalue weighted by Gasteiger charge is 2.13. The van der Waals surface area contributed by atoms with Crippen LogP contribution in [0.2, 0.25) is 0 Å². The predicted molar refractivity (Wildman–Crippen MR) is 105 cm³/mol. The van der Waals surface area contributed by atoms with E-state index >= 15 is 0 Å². The number of halogens is 1. The van der Waals surface area contributed by atoms with Crippen LogP contribution in [-0.4, -0.2) is 34.7 Å². The molecule has 0 radical (unpaired) electrons. The number of aromatic nitrogens is 2. The third kappa shape index (κ3) is 5.11. The molecule has 3 aromatic rings. The molecule has 0 unspecified atom stereocenters. The van der Waals surface area contributed by atoms with E-state index in [1.165, 1.54) is 30.3 Å². The van der Waals surface area contributed by atoms with Gasteiger partial charge in [0.1, 0.15) is 29.3 Å². The fourth-order valence-electron chi connectivity index (χ4n) is 2.43. The second kappa shape index (κ2) is 8.89. The Balaban J connectivity index is 1.86. The number of anilines is 1. The van der Waals surface area contributed by atoms with Crippen molar-refractivity contribution in [2.24, 2.45) is 11.5 Å². The first kappa shape index (κ1) is 19.9. The van der Waals surface area contributed by atoms with E-state index in [0.717, 1.165) is 0 Å². The highest BCUT2D eigenvalue weighted by Crippen LogP contribution is 2.26. The fourth-order valence-corrected chi connectivity index (χ4v) is 2.43. The average molecular weight is 395 g/mol. The summed E-state index contributed by atoms with van der Waals surface area (Å²) < 4.78 is 18.6. The van der Waals surface area contributed by atoms with E-state index in [1.54, 1.807) is 24.3 Å². The van der Waals surface area contributed by atoms with Crippen LogP contribution in [0.15, 0.2) is 54.6 Å². The molecular formula is C20H18FN5O3. The predicted octanol–water partition coefficient (Wildman–Crippen LogP) is 2.11. The topological polar surface area (TPSA) is 133 Å². The van der Waals surface area contributed by atoms with Crippen LogP contribution in [-0.2, 0) is 4.79 Å². The van der Waals surface area contributed by atoms with Crippen LogP contribution in [0.3, 0.4) is 0 Å². The second-order valence-electron chi connectivity index (χ2n) is 6.03. The molecule has 1 heterocycles. The van der Waals surface area contributed by atoms with Gasteiger partial charge in [0.25, 0.3) is 5.91 Å². The number of benzene rings is 2. The van der Waals surface area contributed by atoms with Gasteiger partial charge in [-0.15, -0.1) is 0 Å². The van der Waals surface area contributed by atoms with E-state index in [0.29, 0.717) is 29.0 Å². The Morgan fingerprint density at radius 2 is 1.72 bits per heavy atom. The van der Waals surface area contributed by atoms with Gasteiger partial charge >= 0.3 is 0 Å². The van der Waals surface area contributed by atoms with Crippen molar-refractivity contribution in [1.82, 2.24) is 9.97 Å². The van der Waals surface area contributed by atoms with Gasteiger partial charge in [-0.2, -0.15) is 0 Å². The van der Waals surface area contributed by atoms with Crippen molar-refractivity contribution in [2.45, 2.75) is 6.04 Å². The van der Waals surface area contributed by atoms with Crippen LogP contribution in [0, 0.1) is 5.82 Å². The Hall–Kier alpha value is -3.85. The molecule has 2 aromatic carbocycles. The summed E-state index contributed by atoms with van der Waals surface area (Å²) in [5.74, 6) is 0.00356. The molecule has 1 atom stereocenters. The monoisotopic (exact) mass is 395 g/mol. The summed E-state index contributed by atoms with van der Waals surface area (Å²) >= 11 is 0. The van der Waals surface area contributed by atoms with E-state index in [1.807, 2.05) is 0 Å². The Kier molecular flexibility index (Phi) is 6.10. The van der Waals surface area contributed by atoms with Gasteiger partial charge in [-0.25, -0.2) is 14.4 Å². The molecule has 1 aromatic heterocycles. The van der Waals surface area contributed by atoms with E-state index in [9.17, 15) is 14.0 Å². The number of ether oxygens (including phenoxy) is 1. The number of nitrogens with zero attached hydrogens (tertiary/aromatic N) is 2. The molecule has 8 nitrogen and oxygen atoms in total. The lowest BCUT2D eigenvalue weighted by molar-refractivity contribution is -0.108. The zero-order chi connectivity index (χ0) is 20.8. The van der Waals surface area contributed by atoms with Crippen molar-refractivity contribution in [3.05, 3.63) is 66.1 Å². The number of hydrogen-bond donors (Lipinski definition) is 3. The zero-order valence-electron chi connectivity index (χ0n) is 15.2. The Morgan fingerprint density at radius 1 is 1.10 bits per heavy atom. The van der Waals surface area contributed by atoms with E-state index in [-0.39, 0.29) is 24.0 Å². The Bertz CT molecular complexity index is 1010. The van der Waals surface area contributed by atoms with Crippen molar-refractivity contribution in [3.63, 3.8) is 0 Å². The van der Waals surface area contributed by atoms with Crippen molar-refractivity contribution >= 4 is 18.1 Å². The molecule has 0 bridgehead atoms. The highest BCUT2D eigenvalue weighted by atomic mass is 19.1. The lowest BCUT2D eigenvalue weighted by atomic mass is 10.1. The standard InChI is InChI=1S/C20H18FN5O3/c21-13-3-7-16(8-4-13)29-15-5-1-12(2-6-15)17-9-18(19(23)28)26-20(25-17)24-14(10-22)11-27/h1-9,11,14H,10,22H2,(H2,23,28)(H,24,25,26)/t14-/m0/s1. The molecule has 0 spiro atoms. The van der Waals surface area contributed by atoms with Gasteiger partial charge in [-0.3, -0.25) is 4.79 Å². The molecule has 9 heteroatoms. The third-order valence-electron chi connectivity index (χ3n) is 3.91. The van der Waals surface area contributed by atoms with Gasteiger partial charge in [0.05, 0.1) is 11.7 Å². The Morgan fingerprint density at radius 3 is 2.28 bits per heavy atom. The summed E-state index contributed by atoms with van der Waals surface area (Å²) in [7, 11) is 0. The van der Waals surface area contributed by atoms with Gasteiger partial charge in [0.2, 0.25) is 5.95 Å². The van der Waals surface area contributed by atoms with Crippen molar-refractivity contribution in [1.29, 1.82) is 0 Å². The zero-order valence-corrected chi connectivity index (χ0v) is 15.2. The minimum absolute atomic E-state index is 0.00851. The summed E-state index contributed by atoms with van der Waals surface area (Å²) in [6.07, 6.45) is 0.627. The first-order valence-electron chi connectivity index (χ1n) is 8.63. The molecule has 0 aliphatic carbocycles. The van der Waals surface area contributed by atoms with Gasteiger partial charge < -0.3 is 26.3 Å². The maximum Gasteiger partial charge on any atom is 0.267 e. The number of amides is 1. The number of nitrogens with two attached hydrogens (primary N) is 2. The van der Waals surface area contributed by atoms with Crippen LogP contribution in [0.4, 0.5) is 10.3 Å². The van der Waals surface area contributed by atoms with Crippen LogP contribution in [0.25, 0.3) is 11.3 Å². The average Bonchev–Trinajstić information content (AvgIpc) is 2.74. The smallest absolute Gasteiger partial charge is 0.267 e. The quantitative estimate of drug-likeness (QED) is 0.497. The molecule has 0 aliphatic rings. The first-order valence-corrected chi connectivity index (χ1v) is 8.63. The van der Waals surface area contributed by atoms with Gasteiger partial charge in [-0.1, -0.05) is 0 Å². The first-order chi connectivity index (χ1) is 14.0. The maximum atomic E-state index is 13.0. The lowest BCUT2D eigenvalue weighted by Gasteiger charge is -2.12. The van der Waals surface area contributed by atoms with Crippen LogP contribution in [0.5, 0.6) is 11.5 Å². The fraction of sp³-hybridized carbons (Fsp3) is 0.100. The van der Waals surface area contributed by atoms with E-state index in [2.05, 4.69) is 15.3 Å². The molecule has 148 valence electrons. The largest absolute Gasteiger partial charge is 0.457 e. The van der Waals surface area contributed by atoms with Gasteiger partial charge in [0, 0.05) is 12.1 Å². The molecule has 1 amide bonds. The summed E-state index contributed by atoms with van der Waals surface area (Å²) in [5, 5.41) is 2.75. The highest BCUT2D eigenvalue weighted by molar-refractivity contribution is 5.92. The molecule has 5 N–H and O–H groups in total. The molecule has 29 heavy (non-hydrogen) atoms. The summed E-state index contributed by atoms with van der Waals surface area (Å²) in [6.45, 7) is 0.0401. The normalized spacial score (nSPS) is 11.5. The molecule has 0 saturated heterocycles. The number of aldehydes is 1. The van der Waals surface area contributed by atoms with Crippen molar-refractivity contribution < 1.29 is 18.7 Å². The van der Waals surface area contributed by atoms with E-state index in [4.69, 9.17) is 16.2 Å². The van der Waals surface area contributed by atoms with Crippen molar-refractivity contribution in [2.75, 3.05) is 11.9 Å². The van der Waals surface area contributed by atoms with Gasteiger partial charge in [-0.05, 0) is 54.6 Å². The van der Waals surface area contributed by atoms with Crippen LogP contribution < -0.4 is 21.5 Å². The minimum atomic E-state index is -0.733. The minimum Gasteiger partial charge on any atom is -0.457 e. The number of nitrogens with one attached hydrogen (secondary N) is 1. The van der Waals surface area contributed by atoms with Gasteiger partial charge in [0.15, 0.2) is 0 Å². The SMILES string of the molecule is NC[C@@H](C=O)Nc1nc(C(N)=O)cc(-c2ccc(Oc3ccc(F)cc3)cc2)n1. The number of carbonyl (C=O) groups excluding carboxylic acids is 2. The van der Waals surface area contributed by atoms with E-state index < -0.39 is 11.9 Å². The maximum absolute atomic E-state index is 13.0. The number of primary amides is 1. The number of rotatable bonds is 8. The number of hydrogen-bond acceptors (Lipinski definition) is 7. The molecule has 0 aliphatic heterocycles. The summed E-state index contributed by atoms with van der Waals surface area (Å²) in [6, 6.07) is 13.3. The molecular weight excluding hydrogens is 377 g/mol. The Labute approximate surface area is 165 Å². The second-order valence-corrected chi connectivity index (χ2v) is 6.03. The summed E-state index contributed by atoms with van der Waals surface area (Å²) in [5.41, 5.74) is 11.9.